The first-order valence-corrected chi connectivity index (χ1v) is 8.39. The zero-order chi connectivity index (χ0) is 17.0. The fraction of sp³-hybridized carbons (Fsp3) is 0.0952. The van der Waals surface area contributed by atoms with Crippen LogP contribution in [0, 0.1) is 0 Å². The molecule has 0 bridgehead atoms. The molecule has 0 fully saturated rings. The number of carbonyl (C=O) groups excluding carboxylic acids is 1. The molecule has 1 aromatic heterocycles. The molecule has 1 amide bonds. The molecule has 0 atom stereocenters. The van der Waals surface area contributed by atoms with Crippen molar-refractivity contribution in [3.8, 4) is 11.1 Å². The van der Waals surface area contributed by atoms with Gasteiger partial charge in [-0.2, -0.15) is 0 Å². The second kappa shape index (κ2) is 5.11. The molecule has 3 aromatic carbocycles. The average Bonchev–Trinajstić information content (AvgIpc) is 3.21. The summed E-state index contributed by atoms with van der Waals surface area (Å²) in [5.74, 6) is 0.00286. The molecule has 0 spiro atoms. The standard InChI is InChI=1S/C21H17N3O/c1-22-16-8-4-2-6-12(16)14-10-18-19(15-11-23-21(25)20(14)15)13-7-3-5-9-17(13)24-18/h2-10,22,24H,11H2,1H3,(H,23,25). The first-order valence-electron chi connectivity index (χ1n) is 8.39. The van der Waals surface area contributed by atoms with E-state index in [0.717, 1.165) is 44.4 Å². The Morgan fingerprint density at radius 2 is 1.76 bits per heavy atom. The molecule has 122 valence electrons. The van der Waals surface area contributed by atoms with E-state index in [1.54, 1.807) is 0 Å². The molecule has 0 radical (unpaired) electrons. The van der Waals surface area contributed by atoms with Gasteiger partial charge in [0.1, 0.15) is 0 Å². The Bertz CT molecular complexity index is 1160. The number of carbonyl (C=O) groups is 1. The first kappa shape index (κ1) is 14.1. The Balaban J connectivity index is 1.94. The minimum Gasteiger partial charge on any atom is -0.388 e. The van der Waals surface area contributed by atoms with Crippen molar-refractivity contribution >= 4 is 33.4 Å². The molecule has 2 heterocycles. The molecule has 3 N–H and O–H groups in total. The van der Waals surface area contributed by atoms with E-state index in [1.165, 1.54) is 5.39 Å². The minimum atomic E-state index is 0.00286. The number of anilines is 1. The Morgan fingerprint density at radius 3 is 2.64 bits per heavy atom. The predicted molar refractivity (Wildman–Crippen MR) is 102 cm³/mol. The normalized spacial score (nSPS) is 13.2. The summed E-state index contributed by atoms with van der Waals surface area (Å²) in [4.78, 5) is 16.1. The molecule has 25 heavy (non-hydrogen) atoms. The largest absolute Gasteiger partial charge is 0.388 e. The zero-order valence-electron chi connectivity index (χ0n) is 13.8. The van der Waals surface area contributed by atoms with Crippen molar-refractivity contribution in [1.82, 2.24) is 10.3 Å². The summed E-state index contributed by atoms with van der Waals surface area (Å²) < 4.78 is 0. The summed E-state index contributed by atoms with van der Waals surface area (Å²) in [5, 5.41) is 8.55. The van der Waals surface area contributed by atoms with Gasteiger partial charge in [0.25, 0.3) is 5.91 Å². The number of fused-ring (bicyclic) bond motifs is 5. The highest BCUT2D eigenvalue weighted by atomic mass is 16.1. The minimum absolute atomic E-state index is 0.00286. The van der Waals surface area contributed by atoms with Crippen LogP contribution in [0.15, 0.2) is 54.6 Å². The average molecular weight is 327 g/mol. The Hall–Kier alpha value is -3.27. The number of amides is 1. The van der Waals surface area contributed by atoms with Crippen LogP contribution in [0.3, 0.4) is 0 Å². The zero-order valence-corrected chi connectivity index (χ0v) is 13.8. The maximum atomic E-state index is 12.6. The van der Waals surface area contributed by atoms with E-state index in [9.17, 15) is 4.79 Å². The summed E-state index contributed by atoms with van der Waals surface area (Å²) >= 11 is 0. The Morgan fingerprint density at radius 1 is 0.960 bits per heavy atom. The maximum absolute atomic E-state index is 12.6. The van der Waals surface area contributed by atoms with E-state index in [2.05, 4.69) is 39.9 Å². The number of benzene rings is 3. The highest BCUT2D eigenvalue weighted by Crippen LogP contribution is 2.40. The van der Waals surface area contributed by atoms with Crippen LogP contribution in [0.1, 0.15) is 15.9 Å². The van der Waals surface area contributed by atoms with Crippen molar-refractivity contribution in [3.05, 3.63) is 65.7 Å². The van der Waals surface area contributed by atoms with E-state index in [0.29, 0.717) is 6.54 Å². The molecule has 4 nitrogen and oxygen atoms in total. The third kappa shape index (κ3) is 1.91. The monoisotopic (exact) mass is 327 g/mol. The molecule has 5 rings (SSSR count). The first-order chi connectivity index (χ1) is 12.3. The summed E-state index contributed by atoms with van der Waals surface area (Å²) in [6, 6.07) is 18.4. The van der Waals surface area contributed by atoms with Crippen molar-refractivity contribution in [2.45, 2.75) is 6.54 Å². The second-order valence-corrected chi connectivity index (χ2v) is 6.35. The van der Waals surface area contributed by atoms with Crippen LogP contribution < -0.4 is 10.6 Å². The van der Waals surface area contributed by atoms with Gasteiger partial charge in [-0.25, -0.2) is 0 Å². The molecular weight excluding hydrogens is 310 g/mol. The third-order valence-corrected chi connectivity index (χ3v) is 5.04. The van der Waals surface area contributed by atoms with Crippen molar-refractivity contribution < 1.29 is 4.79 Å². The lowest BCUT2D eigenvalue weighted by Gasteiger charge is -2.13. The highest BCUT2D eigenvalue weighted by Gasteiger charge is 2.28. The molecule has 1 aliphatic rings. The fourth-order valence-corrected chi connectivity index (χ4v) is 3.94. The van der Waals surface area contributed by atoms with E-state index in [1.807, 2.05) is 37.4 Å². The van der Waals surface area contributed by atoms with Crippen molar-refractivity contribution in [3.63, 3.8) is 0 Å². The summed E-state index contributed by atoms with van der Waals surface area (Å²) in [7, 11) is 1.90. The number of hydrogen-bond donors (Lipinski definition) is 3. The number of rotatable bonds is 2. The smallest absolute Gasteiger partial charge is 0.252 e. The molecule has 0 saturated carbocycles. The van der Waals surface area contributed by atoms with Gasteiger partial charge in [0.15, 0.2) is 0 Å². The fourth-order valence-electron chi connectivity index (χ4n) is 3.94. The van der Waals surface area contributed by atoms with Gasteiger partial charge in [0.2, 0.25) is 0 Å². The molecule has 0 aliphatic carbocycles. The van der Waals surface area contributed by atoms with Crippen molar-refractivity contribution in [2.75, 3.05) is 12.4 Å². The lowest BCUT2D eigenvalue weighted by atomic mass is 9.92. The van der Waals surface area contributed by atoms with Crippen molar-refractivity contribution in [2.24, 2.45) is 0 Å². The topological polar surface area (TPSA) is 56.9 Å². The van der Waals surface area contributed by atoms with Crippen LogP contribution in [-0.4, -0.2) is 17.9 Å². The third-order valence-electron chi connectivity index (χ3n) is 5.04. The van der Waals surface area contributed by atoms with Crippen LogP contribution in [0.25, 0.3) is 32.9 Å². The van der Waals surface area contributed by atoms with Gasteiger partial charge in [-0.05, 0) is 29.3 Å². The van der Waals surface area contributed by atoms with E-state index < -0.39 is 0 Å². The van der Waals surface area contributed by atoms with E-state index in [-0.39, 0.29) is 5.91 Å². The van der Waals surface area contributed by atoms with E-state index >= 15 is 0 Å². The summed E-state index contributed by atoms with van der Waals surface area (Å²) in [6.45, 7) is 0.572. The van der Waals surface area contributed by atoms with Gasteiger partial charge in [0, 0.05) is 46.6 Å². The van der Waals surface area contributed by atoms with Gasteiger partial charge in [-0.1, -0.05) is 36.4 Å². The second-order valence-electron chi connectivity index (χ2n) is 6.35. The SMILES string of the molecule is CNc1ccccc1-c1cc2[nH]c3ccccc3c2c2c1C(=O)NC2. The highest BCUT2D eigenvalue weighted by molar-refractivity contribution is 6.17. The molecule has 0 saturated heterocycles. The lowest BCUT2D eigenvalue weighted by molar-refractivity contribution is 0.0966. The maximum Gasteiger partial charge on any atom is 0.252 e. The van der Waals surface area contributed by atoms with Crippen LogP contribution in [0.2, 0.25) is 0 Å². The molecule has 4 aromatic rings. The summed E-state index contributed by atoms with van der Waals surface area (Å²) in [5.41, 5.74) is 7.06. The predicted octanol–water partition coefficient (Wildman–Crippen LogP) is 4.27. The van der Waals surface area contributed by atoms with Gasteiger partial charge in [0.05, 0.1) is 5.56 Å². The van der Waals surface area contributed by atoms with Gasteiger partial charge >= 0.3 is 0 Å². The Labute approximate surface area is 144 Å². The van der Waals surface area contributed by atoms with Gasteiger partial charge < -0.3 is 15.6 Å². The number of H-pyrrole nitrogens is 1. The van der Waals surface area contributed by atoms with Crippen LogP contribution in [0.4, 0.5) is 5.69 Å². The van der Waals surface area contributed by atoms with E-state index in [4.69, 9.17) is 0 Å². The van der Waals surface area contributed by atoms with Crippen LogP contribution in [0.5, 0.6) is 0 Å². The number of nitrogens with one attached hydrogen (secondary N) is 3. The number of aromatic amines is 1. The molecule has 1 aliphatic heterocycles. The van der Waals surface area contributed by atoms with Crippen LogP contribution >= 0.6 is 0 Å². The molecular formula is C21H17N3O. The number of aromatic nitrogens is 1. The lowest BCUT2D eigenvalue weighted by Crippen LogP contribution is -2.13. The van der Waals surface area contributed by atoms with Gasteiger partial charge in [-0.3, -0.25) is 4.79 Å². The molecule has 4 heteroatoms. The Kier molecular flexibility index (Phi) is 2.88. The number of hydrogen-bond acceptors (Lipinski definition) is 2. The van der Waals surface area contributed by atoms with Crippen molar-refractivity contribution in [1.29, 1.82) is 0 Å². The summed E-state index contributed by atoms with van der Waals surface area (Å²) in [6.07, 6.45) is 0. The quantitative estimate of drug-likeness (QED) is 0.515. The molecule has 0 unspecified atom stereocenters. The van der Waals surface area contributed by atoms with Crippen LogP contribution in [-0.2, 0) is 6.54 Å². The van der Waals surface area contributed by atoms with Gasteiger partial charge in [-0.15, -0.1) is 0 Å². The number of para-hydroxylation sites is 2.